The van der Waals surface area contributed by atoms with E-state index in [1.54, 1.807) is 6.92 Å². The highest BCUT2D eigenvalue weighted by Crippen LogP contribution is 2.22. The van der Waals surface area contributed by atoms with Crippen LogP contribution in [0.3, 0.4) is 0 Å². The molecule has 1 aliphatic rings. The third-order valence-corrected chi connectivity index (χ3v) is 7.57. The van der Waals surface area contributed by atoms with Crippen molar-refractivity contribution < 1.29 is 24.2 Å². The fraction of sp³-hybridized carbons (Fsp3) is 0.424. The number of carbonyl (C=O) groups excluding carboxylic acids is 3. The molecule has 0 radical (unpaired) electrons. The Labute approximate surface area is 241 Å². The van der Waals surface area contributed by atoms with Crippen LogP contribution in [-0.4, -0.2) is 53.2 Å². The van der Waals surface area contributed by atoms with Crippen LogP contribution < -0.4 is 10.6 Å². The van der Waals surface area contributed by atoms with Gasteiger partial charge in [-0.25, -0.2) is 0 Å². The zero-order valence-corrected chi connectivity index (χ0v) is 23.7. The van der Waals surface area contributed by atoms with E-state index in [1.807, 2.05) is 72.9 Å². The van der Waals surface area contributed by atoms with Crippen molar-refractivity contribution in [3.8, 4) is 0 Å². The van der Waals surface area contributed by atoms with Crippen LogP contribution in [-0.2, 0) is 32.0 Å². The summed E-state index contributed by atoms with van der Waals surface area (Å²) in [5.41, 5.74) is 3.09. The first-order valence-electron chi connectivity index (χ1n) is 14.5. The minimum atomic E-state index is -0.591. The monoisotopic (exact) mass is 559 g/mol. The second kappa shape index (κ2) is 15.2. The molecule has 8 heteroatoms. The summed E-state index contributed by atoms with van der Waals surface area (Å²) >= 11 is 0. The second-order valence-corrected chi connectivity index (χ2v) is 11.0. The first-order valence-corrected chi connectivity index (χ1v) is 14.5. The number of esters is 1. The summed E-state index contributed by atoms with van der Waals surface area (Å²) in [7, 11) is 0. The molecule has 4 rings (SSSR count). The van der Waals surface area contributed by atoms with Crippen LogP contribution in [0.5, 0.6) is 0 Å². The Hall–Kier alpha value is -3.91. The molecule has 0 bridgehead atoms. The Balaban J connectivity index is 1.55. The fourth-order valence-electron chi connectivity index (χ4n) is 5.29. The molecule has 0 unspecified atom stereocenters. The van der Waals surface area contributed by atoms with Crippen LogP contribution in [0.15, 0.2) is 72.9 Å². The van der Waals surface area contributed by atoms with Gasteiger partial charge in [0.05, 0.1) is 24.5 Å². The van der Waals surface area contributed by atoms with Crippen LogP contribution in [0, 0.1) is 11.8 Å². The molecule has 4 atom stereocenters. The molecule has 0 saturated heterocycles. The van der Waals surface area contributed by atoms with E-state index in [9.17, 15) is 19.5 Å². The highest BCUT2D eigenvalue weighted by atomic mass is 16.5. The van der Waals surface area contributed by atoms with Crippen molar-refractivity contribution in [2.24, 2.45) is 11.8 Å². The van der Waals surface area contributed by atoms with Crippen molar-refractivity contribution in [3.05, 3.63) is 84.1 Å². The van der Waals surface area contributed by atoms with Gasteiger partial charge in [-0.3, -0.25) is 14.4 Å². The van der Waals surface area contributed by atoms with Crippen LogP contribution in [0.4, 0.5) is 0 Å². The molecule has 41 heavy (non-hydrogen) atoms. The summed E-state index contributed by atoms with van der Waals surface area (Å²) in [5, 5.41) is 16.2. The number of aliphatic hydroxyl groups excluding tert-OH is 1. The number of allylic oxidation sites excluding steroid dienone is 2. The summed E-state index contributed by atoms with van der Waals surface area (Å²) < 4.78 is 5.89. The number of aromatic amines is 1. The first-order chi connectivity index (χ1) is 19.9. The minimum absolute atomic E-state index is 0.000738. The van der Waals surface area contributed by atoms with E-state index in [2.05, 4.69) is 15.6 Å². The number of aromatic nitrogens is 1. The Bertz CT molecular complexity index is 1320. The lowest BCUT2D eigenvalue weighted by molar-refractivity contribution is -0.150. The molecule has 0 fully saturated rings. The van der Waals surface area contributed by atoms with Crippen molar-refractivity contribution in [1.29, 1.82) is 0 Å². The highest BCUT2D eigenvalue weighted by Gasteiger charge is 2.27. The molecule has 0 aliphatic carbocycles. The summed E-state index contributed by atoms with van der Waals surface area (Å²) in [5.74, 6) is -1.68. The number of amides is 2. The van der Waals surface area contributed by atoms with Gasteiger partial charge in [-0.05, 0) is 62.6 Å². The maximum absolute atomic E-state index is 13.5. The van der Waals surface area contributed by atoms with Gasteiger partial charge in [0.25, 0.3) is 0 Å². The lowest BCUT2D eigenvalue weighted by Gasteiger charge is -2.24. The van der Waals surface area contributed by atoms with Gasteiger partial charge in [0.1, 0.15) is 6.61 Å². The van der Waals surface area contributed by atoms with Crippen LogP contribution in [0.25, 0.3) is 10.9 Å². The van der Waals surface area contributed by atoms with E-state index in [4.69, 9.17) is 4.74 Å². The molecule has 1 aliphatic heterocycles. The average molecular weight is 560 g/mol. The predicted molar refractivity (Wildman–Crippen MR) is 159 cm³/mol. The standard InChI is InChI=1S/C33H41N3O5/c1-23(21-37)35-31(38)19-25-13-7-2-3-8-14-26(17-24-11-5-4-6-12-24)33(40)41-22-28(36-32(25)39)18-27-20-34-30-16-10-9-15-29(27)30/h2,4-7,9-12,15-16,20,23,25-26,28,34,37H,3,8,13-14,17-19,21-22H2,1H3,(H,35,38)(H,36,39)/t23-,25+,26+,28-/m0/s1. The lowest BCUT2D eigenvalue weighted by Crippen LogP contribution is -2.45. The van der Waals surface area contributed by atoms with Gasteiger partial charge in [-0.1, -0.05) is 60.7 Å². The number of hydrogen-bond acceptors (Lipinski definition) is 5. The number of hydrogen-bond donors (Lipinski definition) is 4. The summed E-state index contributed by atoms with van der Waals surface area (Å²) in [4.78, 5) is 42.8. The molecule has 3 aromatic rings. The molecular weight excluding hydrogens is 518 g/mol. The zero-order valence-electron chi connectivity index (χ0n) is 23.7. The molecule has 0 saturated carbocycles. The highest BCUT2D eigenvalue weighted by molar-refractivity contribution is 5.86. The Morgan fingerprint density at radius 2 is 1.83 bits per heavy atom. The van der Waals surface area contributed by atoms with E-state index in [1.165, 1.54) is 0 Å². The van der Waals surface area contributed by atoms with Gasteiger partial charge in [-0.2, -0.15) is 0 Å². The van der Waals surface area contributed by atoms with Gasteiger partial charge in [0.2, 0.25) is 11.8 Å². The number of rotatable bonds is 8. The predicted octanol–water partition coefficient (Wildman–Crippen LogP) is 4.23. The van der Waals surface area contributed by atoms with E-state index >= 15 is 0 Å². The maximum atomic E-state index is 13.5. The first kappa shape index (κ1) is 30.1. The van der Waals surface area contributed by atoms with Gasteiger partial charge >= 0.3 is 5.97 Å². The summed E-state index contributed by atoms with van der Waals surface area (Å²) in [6, 6.07) is 17.0. The van der Waals surface area contributed by atoms with Crippen molar-refractivity contribution in [1.82, 2.24) is 15.6 Å². The molecule has 218 valence electrons. The second-order valence-electron chi connectivity index (χ2n) is 11.0. The molecule has 0 spiro atoms. The molecular formula is C33H41N3O5. The number of carbonyl (C=O) groups is 3. The summed E-state index contributed by atoms with van der Waals surface area (Å²) in [6.07, 6.45) is 9.66. The molecule has 2 amide bonds. The van der Waals surface area contributed by atoms with E-state index in [-0.39, 0.29) is 43.3 Å². The van der Waals surface area contributed by atoms with Gasteiger partial charge in [0, 0.05) is 29.6 Å². The van der Waals surface area contributed by atoms with E-state index in [0.29, 0.717) is 25.7 Å². The topological polar surface area (TPSA) is 121 Å². The van der Waals surface area contributed by atoms with Gasteiger partial charge in [0.15, 0.2) is 0 Å². The lowest BCUT2D eigenvalue weighted by atomic mass is 9.93. The van der Waals surface area contributed by atoms with Crippen molar-refractivity contribution in [2.75, 3.05) is 13.2 Å². The number of para-hydroxylation sites is 1. The normalized spacial score (nSPS) is 21.5. The largest absolute Gasteiger partial charge is 0.463 e. The van der Waals surface area contributed by atoms with Crippen molar-refractivity contribution >= 4 is 28.7 Å². The fourth-order valence-corrected chi connectivity index (χ4v) is 5.29. The quantitative estimate of drug-likeness (QED) is 0.243. The zero-order chi connectivity index (χ0) is 29.0. The van der Waals surface area contributed by atoms with Crippen LogP contribution >= 0.6 is 0 Å². The molecule has 2 aromatic carbocycles. The molecule has 1 aromatic heterocycles. The minimum Gasteiger partial charge on any atom is -0.463 e. The average Bonchev–Trinajstić information content (AvgIpc) is 3.38. The van der Waals surface area contributed by atoms with Crippen LogP contribution in [0.1, 0.15) is 50.2 Å². The van der Waals surface area contributed by atoms with Crippen LogP contribution in [0.2, 0.25) is 0 Å². The number of benzene rings is 2. The Morgan fingerprint density at radius 3 is 2.63 bits per heavy atom. The molecule has 2 heterocycles. The van der Waals surface area contributed by atoms with Crippen molar-refractivity contribution in [3.63, 3.8) is 0 Å². The van der Waals surface area contributed by atoms with E-state index < -0.39 is 18.0 Å². The smallest absolute Gasteiger partial charge is 0.309 e. The third-order valence-electron chi connectivity index (χ3n) is 7.57. The van der Waals surface area contributed by atoms with E-state index in [0.717, 1.165) is 34.9 Å². The number of fused-ring (bicyclic) bond motifs is 1. The third kappa shape index (κ3) is 9.05. The number of nitrogens with one attached hydrogen (secondary N) is 3. The Morgan fingerprint density at radius 1 is 1.05 bits per heavy atom. The number of cyclic esters (lactones) is 1. The summed E-state index contributed by atoms with van der Waals surface area (Å²) in [6.45, 7) is 1.57. The number of H-pyrrole nitrogens is 1. The van der Waals surface area contributed by atoms with Crippen molar-refractivity contribution in [2.45, 2.75) is 64.0 Å². The maximum Gasteiger partial charge on any atom is 0.309 e. The number of aliphatic hydroxyl groups is 1. The molecule has 8 nitrogen and oxygen atoms in total. The number of ether oxygens (including phenoxy) is 1. The molecule has 4 N–H and O–H groups in total. The SMILES string of the molecule is C[C@@H](CO)NC(=O)C[C@H]1CC=CCCC[C@H](Cc2ccccc2)C(=O)OC[C@H](Cc2c[nH]c3ccccc23)NC1=O. The van der Waals surface area contributed by atoms with Gasteiger partial charge in [-0.15, -0.1) is 0 Å². The Kier molecular flexibility index (Phi) is 11.1. The van der Waals surface area contributed by atoms with Gasteiger partial charge < -0.3 is 25.5 Å².